The Balaban J connectivity index is 2.32. The molecule has 7 heteroatoms. The molecule has 1 aromatic rings. The minimum atomic E-state index is -0.552. The second-order valence-corrected chi connectivity index (χ2v) is 4.15. The monoisotopic (exact) mass is 250 g/mol. The van der Waals surface area contributed by atoms with Crippen molar-refractivity contribution in [2.45, 2.75) is 12.5 Å². The number of nitro benzene ring substituents is 1. The van der Waals surface area contributed by atoms with Gasteiger partial charge < -0.3 is 0 Å². The second-order valence-electron chi connectivity index (χ2n) is 4.15. The molecule has 0 saturated carbocycles. The van der Waals surface area contributed by atoms with Gasteiger partial charge >= 0.3 is 0 Å². The summed E-state index contributed by atoms with van der Waals surface area (Å²) in [7, 11) is 0. The van der Waals surface area contributed by atoms with Crippen molar-refractivity contribution in [2.75, 3.05) is 13.1 Å². The summed E-state index contributed by atoms with van der Waals surface area (Å²) < 4.78 is 0. The predicted molar refractivity (Wildman–Crippen MR) is 64.4 cm³/mol. The van der Waals surface area contributed by atoms with Gasteiger partial charge in [0.2, 0.25) is 0 Å². The molecule has 96 valence electrons. The lowest BCUT2D eigenvalue weighted by atomic mass is 10.0. The number of benzene rings is 1. The van der Waals surface area contributed by atoms with Crippen LogP contribution in [0.4, 0.5) is 5.69 Å². The lowest BCUT2D eigenvalue weighted by Gasteiger charge is -2.37. The average Bonchev–Trinajstić information content (AvgIpc) is 2.32. The van der Waals surface area contributed by atoms with Gasteiger partial charge in [0, 0.05) is 25.2 Å². The first-order chi connectivity index (χ1) is 8.63. The number of rotatable bonds is 4. The first-order valence-electron chi connectivity index (χ1n) is 5.62. The van der Waals surface area contributed by atoms with Crippen LogP contribution in [0, 0.1) is 10.1 Å². The molecule has 1 unspecified atom stereocenters. The van der Waals surface area contributed by atoms with Crippen LogP contribution < -0.4 is 11.3 Å². The van der Waals surface area contributed by atoms with E-state index in [1.165, 1.54) is 12.1 Å². The molecule has 0 aromatic heterocycles. The highest BCUT2D eigenvalue weighted by Gasteiger charge is 2.31. The minimum absolute atomic E-state index is 0.0251. The van der Waals surface area contributed by atoms with Gasteiger partial charge in [0.25, 0.3) is 11.6 Å². The maximum atomic E-state index is 11.8. The maximum Gasteiger partial charge on any atom is 0.269 e. The van der Waals surface area contributed by atoms with Crippen molar-refractivity contribution in [3.63, 3.8) is 0 Å². The molecule has 0 radical (unpaired) electrons. The Bertz CT molecular complexity index is 473. The third-order valence-electron chi connectivity index (χ3n) is 3.04. The molecule has 1 aromatic carbocycles. The van der Waals surface area contributed by atoms with Crippen molar-refractivity contribution in [3.8, 4) is 0 Å². The SMILES string of the molecule is NNC(=O)C(c1cccc([N+](=O)[O-])c1)N1CCC1. The van der Waals surface area contributed by atoms with Crippen LogP contribution in [0.2, 0.25) is 0 Å². The van der Waals surface area contributed by atoms with Gasteiger partial charge in [-0.2, -0.15) is 0 Å². The summed E-state index contributed by atoms with van der Waals surface area (Å²) in [5, 5.41) is 10.7. The minimum Gasteiger partial charge on any atom is -0.293 e. The van der Waals surface area contributed by atoms with Crippen molar-refractivity contribution >= 4 is 11.6 Å². The predicted octanol–water partition coefficient (Wildman–Crippen LogP) is 0.331. The van der Waals surface area contributed by atoms with Gasteiger partial charge in [0.05, 0.1) is 4.92 Å². The number of amides is 1. The van der Waals surface area contributed by atoms with Crippen molar-refractivity contribution in [3.05, 3.63) is 39.9 Å². The van der Waals surface area contributed by atoms with Gasteiger partial charge in [0.15, 0.2) is 0 Å². The number of hydrogen-bond acceptors (Lipinski definition) is 5. The molecule has 1 atom stereocenters. The summed E-state index contributed by atoms with van der Waals surface area (Å²) in [5.41, 5.74) is 2.68. The molecule has 1 aliphatic rings. The van der Waals surface area contributed by atoms with Crippen LogP contribution in [0.1, 0.15) is 18.0 Å². The lowest BCUT2D eigenvalue weighted by molar-refractivity contribution is -0.384. The Morgan fingerprint density at radius 3 is 2.72 bits per heavy atom. The molecule has 1 heterocycles. The number of carbonyl (C=O) groups is 1. The van der Waals surface area contributed by atoms with Crippen molar-refractivity contribution in [1.82, 2.24) is 10.3 Å². The average molecular weight is 250 g/mol. The number of hydrazine groups is 1. The van der Waals surface area contributed by atoms with Crippen LogP contribution in [0.25, 0.3) is 0 Å². The first-order valence-corrected chi connectivity index (χ1v) is 5.62. The molecule has 3 N–H and O–H groups in total. The second kappa shape index (κ2) is 5.11. The molecule has 18 heavy (non-hydrogen) atoms. The highest BCUT2D eigenvalue weighted by molar-refractivity contribution is 5.83. The molecule has 7 nitrogen and oxygen atoms in total. The van der Waals surface area contributed by atoms with E-state index >= 15 is 0 Å². The van der Waals surface area contributed by atoms with Gasteiger partial charge in [-0.15, -0.1) is 0 Å². The van der Waals surface area contributed by atoms with Gasteiger partial charge in [-0.25, -0.2) is 5.84 Å². The number of non-ortho nitro benzene ring substituents is 1. The number of nitrogens with zero attached hydrogens (tertiary/aromatic N) is 2. The van der Waals surface area contributed by atoms with Crippen molar-refractivity contribution < 1.29 is 9.72 Å². The van der Waals surface area contributed by atoms with E-state index in [-0.39, 0.29) is 11.6 Å². The summed E-state index contributed by atoms with van der Waals surface area (Å²) in [6, 6.07) is 5.54. The summed E-state index contributed by atoms with van der Waals surface area (Å²) in [5.74, 6) is 4.81. The van der Waals surface area contributed by atoms with E-state index in [2.05, 4.69) is 5.43 Å². The van der Waals surface area contributed by atoms with E-state index < -0.39 is 11.0 Å². The Morgan fingerprint density at radius 1 is 1.50 bits per heavy atom. The number of nitrogens with two attached hydrogens (primary N) is 1. The van der Waals surface area contributed by atoms with E-state index in [4.69, 9.17) is 5.84 Å². The Kier molecular flexibility index (Phi) is 3.54. The summed E-state index contributed by atoms with van der Waals surface area (Å²) >= 11 is 0. The third kappa shape index (κ3) is 2.31. The van der Waals surface area contributed by atoms with Gasteiger partial charge in [0.1, 0.15) is 6.04 Å². The zero-order valence-electron chi connectivity index (χ0n) is 9.70. The highest BCUT2D eigenvalue weighted by Crippen LogP contribution is 2.27. The van der Waals surface area contributed by atoms with E-state index in [9.17, 15) is 14.9 Å². The van der Waals surface area contributed by atoms with Crippen LogP contribution in [0.5, 0.6) is 0 Å². The number of nitrogens with one attached hydrogen (secondary N) is 1. The Labute approximate surface area is 104 Å². The van der Waals surface area contributed by atoms with Gasteiger partial charge in [-0.05, 0) is 12.0 Å². The van der Waals surface area contributed by atoms with Crippen LogP contribution in [-0.4, -0.2) is 28.8 Å². The quantitative estimate of drug-likeness (QED) is 0.347. The van der Waals surface area contributed by atoms with Crippen LogP contribution >= 0.6 is 0 Å². The molecule has 0 bridgehead atoms. The van der Waals surface area contributed by atoms with E-state index in [1.807, 2.05) is 4.90 Å². The van der Waals surface area contributed by atoms with E-state index in [1.54, 1.807) is 12.1 Å². The summed E-state index contributed by atoms with van der Waals surface area (Å²) in [6.07, 6.45) is 1.02. The maximum absolute atomic E-state index is 11.8. The molecule has 1 amide bonds. The fourth-order valence-electron chi connectivity index (χ4n) is 2.01. The zero-order chi connectivity index (χ0) is 13.1. The van der Waals surface area contributed by atoms with E-state index in [0.29, 0.717) is 5.56 Å². The smallest absolute Gasteiger partial charge is 0.269 e. The number of hydrogen-bond donors (Lipinski definition) is 2. The molecule has 0 aliphatic carbocycles. The lowest BCUT2D eigenvalue weighted by Crippen LogP contribution is -2.48. The van der Waals surface area contributed by atoms with Crippen LogP contribution in [0.15, 0.2) is 24.3 Å². The van der Waals surface area contributed by atoms with Crippen LogP contribution in [0.3, 0.4) is 0 Å². The van der Waals surface area contributed by atoms with Gasteiger partial charge in [-0.1, -0.05) is 12.1 Å². The summed E-state index contributed by atoms with van der Waals surface area (Å²) in [6.45, 7) is 1.58. The van der Waals surface area contributed by atoms with Gasteiger partial charge in [-0.3, -0.25) is 25.2 Å². The number of carbonyl (C=O) groups excluding carboxylic acids is 1. The molecule has 1 fully saturated rings. The molecule has 2 rings (SSSR count). The topological polar surface area (TPSA) is 101 Å². The van der Waals surface area contributed by atoms with Crippen LogP contribution in [-0.2, 0) is 4.79 Å². The molecule has 1 saturated heterocycles. The molecular formula is C11H14N4O3. The van der Waals surface area contributed by atoms with E-state index in [0.717, 1.165) is 19.5 Å². The fourth-order valence-corrected chi connectivity index (χ4v) is 2.01. The Morgan fingerprint density at radius 2 is 2.22 bits per heavy atom. The molecule has 0 spiro atoms. The number of nitro groups is 1. The zero-order valence-corrected chi connectivity index (χ0v) is 9.70. The summed E-state index contributed by atoms with van der Waals surface area (Å²) in [4.78, 5) is 24.0. The largest absolute Gasteiger partial charge is 0.293 e. The highest BCUT2D eigenvalue weighted by atomic mass is 16.6. The molecule has 1 aliphatic heterocycles. The van der Waals surface area contributed by atoms with Crippen molar-refractivity contribution in [2.24, 2.45) is 5.84 Å². The van der Waals surface area contributed by atoms with Crippen molar-refractivity contribution in [1.29, 1.82) is 0 Å². The standard InChI is InChI=1S/C11H14N4O3/c12-13-11(16)10(14-5-2-6-14)8-3-1-4-9(7-8)15(17)18/h1,3-4,7,10H,2,5-6,12H2,(H,13,16). The normalized spacial score (nSPS) is 16.7. The fraction of sp³-hybridized carbons (Fsp3) is 0.364. The first kappa shape index (κ1) is 12.5. The molecular weight excluding hydrogens is 236 g/mol. The third-order valence-corrected chi connectivity index (χ3v) is 3.04. The Hall–Kier alpha value is -1.99. The number of likely N-dealkylation sites (tertiary alicyclic amines) is 1.